The first-order chi connectivity index (χ1) is 9.26. The predicted molar refractivity (Wildman–Crippen MR) is 85.4 cm³/mol. The molecule has 1 aliphatic rings. The summed E-state index contributed by atoms with van der Waals surface area (Å²) in [5, 5.41) is 3.49. The largest absolute Gasteiger partial charge is 0.384 e. The molecule has 0 atom stereocenters. The second-order valence-electron chi connectivity index (χ2n) is 7.12. The molecule has 1 aliphatic heterocycles. The molecule has 1 saturated heterocycles. The number of aryl methyl sites for hydroxylation is 1. The van der Waals surface area contributed by atoms with Gasteiger partial charge in [-0.25, -0.2) is 0 Å². The topological polar surface area (TPSA) is 24.5 Å². The Labute approximate surface area is 123 Å². The molecule has 3 nitrogen and oxygen atoms in total. The van der Waals surface area contributed by atoms with Gasteiger partial charge in [0.1, 0.15) is 0 Å². The van der Waals surface area contributed by atoms with Gasteiger partial charge in [-0.15, -0.1) is 0 Å². The molecule has 1 aromatic rings. The van der Waals surface area contributed by atoms with Gasteiger partial charge in [-0.3, -0.25) is 4.90 Å². The van der Waals surface area contributed by atoms with Gasteiger partial charge in [0.05, 0.1) is 11.2 Å². The maximum atomic E-state index is 6.11. The Morgan fingerprint density at radius 3 is 2.15 bits per heavy atom. The highest BCUT2D eigenvalue weighted by atomic mass is 16.5. The maximum Gasteiger partial charge on any atom is 0.0760 e. The second-order valence-corrected chi connectivity index (χ2v) is 7.12. The molecule has 3 heteroatoms. The van der Waals surface area contributed by atoms with E-state index in [1.165, 1.54) is 11.3 Å². The summed E-state index contributed by atoms with van der Waals surface area (Å²) in [6.45, 7) is 14.8. The van der Waals surface area contributed by atoms with Gasteiger partial charge in [-0.05, 0) is 46.8 Å². The van der Waals surface area contributed by atoms with Crippen LogP contribution in [0.2, 0.25) is 0 Å². The normalized spacial score (nSPS) is 21.6. The smallest absolute Gasteiger partial charge is 0.0760 e. The first-order valence-electron chi connectivity index (χ1n) is 7.49. The van der Waals surface area contributed by atoms with Gasteiger partial charge in [-0.2, -0.15) is 0 Å². The third-order valence-corrected chi connectivity index (χ3v) is 3.57. The fraction of sp³-hybridized carbons (Fsp3) is 0.647. The monoisotopic (exact) mass is 276 g/mol. The standard InChI is InChI=1S/C17H28N2O/c1-14-6-8-15(9-7-14)18-10-11-19-12-16(2,3)20-17(4,5)13-19/h6-9,18H,10-13H2,1-5H3. The van der Waals surface area contributed by atoms with Gasteiger partial charge in [0.25, 0.3) is 0 Å². The van der Waals surface area contributed by atoms with Crippen molar-refractivity contribution in [2.24, 2.45) is 0 Å². The zero-order valence-corrected chi connectivity index (χ0v) is 13.5. The van der Waals surface area contributed by atoms with Gasteiger partial charge in [0.15, 0.2) is 0 Å². The molecule has 1 fully saturated rings. The number of benzene rings is 1. The van der Waals surface area contributed by atoms with Crippen LogP contribution in [0.15, 0.2) is 24.3 Å². The highest BCUT2D eigenvalue weighted by Crippen LogP contribution is 2.27. The fourth-order valence-corrected chi connectivity index (χ4v) is 3.13. The summed E-state index contributed by atoms with van der Waals surface area (Å²) in [4.78, 5) is 2.49. The number of hydrogen-bond donors (Lipinski definition) is 1. The van der Waals surface area contributed by atoms with E-state index in [0.717, 1.165) is 26.2 Å². The molecule has 0 unspecified atom stereocenters. The Morgan fingerprint density at radius 1 is 1.05 bits per heavy atom. The minimum atomic E-state index is -0.0639. The van der Waals surface area contributed by atoms with Crippen LogP contribution in [0.1, 0.15) is 33.3 Å². The lowest BCUT2D eigenvalue weighted by Crippen LogP contribution is -2.57. The molecule has 0 aliphatic carbocycles. The van der Waals surface area contributed by atoms with Crippen LogP contribution in [0.4, 0.5) is 5.69 Å². The number of anilines is 1. The van der Waals surface area contributed by atoms with Crippen LogP contribution in [0.25, 0.3) is 0 Å². The van der Waals surface area contributed by atoms with Gasteiger partial charge < -0.3 is 10.1 Å². The summed E-state index contributed by atoms with van der Waals surface area (Å²) in [6.07, 6.45) is 0. The molecule has 20 heavy (non-hydrogen) atoms. The molecule has 0 amide bonds. The van der Waals surface area contributed by atoms with Crippen LogP contribution in [-0.2, 0) is 4.74 Å². The van der Waals surface area contributed by atoms with Crippen LogP contribution >= 0.6 is 0 Å². The van der Waals surface area contributed by atoms with Gasteiger partial charge in [-0.1, -0.05) is 17.7 Å². The van der Waals surface area contributed by atoms with Crippen molar-refractivity contribution in [3.8, 4) is 0 Å². The van der Waals surface area contributed by atoms with Crippen molar-refractivity contribution in [3.05, 3.63) is 29.8 Å². The summed E-state index contributed by atoms with van der Waals surface area (Å²) in [6, 6.07) is 8.57. The third kappa shape index (κ3) is 4.50. The third-order valence-electron chi connectivity index (χ3n) is 3.57. The maximum absolute atomic E-state index is 6.11. The lowest BCUT2D eigenvalue weighted by Gasteiger charge is -2.47. The SMILES string of the molecule is Cc1ccc(NCCN2CC(C)(C)OC(C)(C)C2)cc1. The molecular formula is C17H28N2O. The van der Waals surface area contributed by atoms with E-state index in [4.69, 9.17) is 4.74 Å². The number of nitrogens with one attached hydrogen (secondary N) is 1. The van der Waals surface area contributed by atoms with Crippen LogP contribution < -0.4 is 5.32 Å². The Balaban J connectivity index is 1.83. The first-order valence-corrected chi connectivity index (χ1v) is 7.49. The van der Waals surface area contributed by atoms with E-state index < -0.39 is 0 Å². The number of hydrogen-bond acceptors (Lipinski definition) is 3. The van der Waals surface area contributed by atoms with E-state index in [-0.39, 0.29) is 11.2 Å². The molecule has 0 aromatic heterocycles. The van der Waals surface area contributed by atoms with Gasteiger partial charge in [0, 0.05) is 31.9 Å². The minimum Gasteiger partial charge on any atom is -0.384 e. The summed E-state index contributed by atoms with van der Waals surface area (Å²) >= 11 is 0. The minimum absolute atomic E-state index is 0.0639. The Bertz CT molecular complexity index is 421. The molecule has 0 spiro atoms. The van der Waals surface area contributed by atoms with Gasteiger partial charge in [0.2, 0.25) is 0 Å². The number of nitrogens with zero attached hydrogens (tertiary/aromatic N) is 1. The van der Waals surface area contributed by atoms with Crippen molar-refractivity contribution >= 4 is 5.69 Å². The molecule has 2 rings (SSSR count). The Morgan fingerprint density at radius 2 is 1.60 bits per heavy atom. The molecule has 0 saturated carbocycles. The first kappa shape index (κ1) is 15.3. The van der Waals surface area contributed by atoms with Gasteiger partial charge >= 0.3 is 0 Å². The van der Waals surface area contributed by atoms with Crippen molar-refractivity contribution in [3.63, 3.8) is 0 Å². The second kappa shape index (κ2) is 5.74. The molecule has 1 N–H and O–H groups in total. The summed E-state index contributed by atoms with van der Waals surface area (Å²) in [5.74, 6) is 0. The van der Waals surface area contributed by atoms with E-state index in [0.29, 0.717) is 0 Å². The molecule has 0 radical (unpaired) electrons. The molecular weight excluding hydrogens is 248 g/mol. The zero-order chi connectivity index (χ0) is 14.8. The summed E-state index contributed by atoms with van der Waals surface area (Å²) in [5.41, 5.74) is 2.37. The van der Waals surface area contributed by atoms with E-state index >= 15 is 0 Å². The highest BCUT2D eigenvalue weighted by Gasteiger charge is 2.37. The average molecular weight is 276 g/mol. The zero-order valence-electron chi connectivity index (χ0n) is 13.5. The van der Waals surface area contributed by atoms with E-state index in [1.807, 2.05) is 0 Å². The van der Waals surface area contributed by atoms with Crippen molar-refractivity contribution in [2.75, 3.05) is 31.5 Å². The van der Waals surface area contributed by atoms with Crippen LogP contribution in [0.5, 0.6) is 0 Å². The predicted octanol–water partition coefficient (Wildman–Crippen LogP) is 3.30. The molecule has 1 heterocycles. The average Bonchev–Trinajstić information content (AvgIpc) is 2.27. The van der Waals surface area contributed by atoms with E-state index in [2.05, 4.69) is 69.1 Å². The quantitative estimate of drug-likeness (QED) is 0.913. The lowest BCUT2D eigenvalue weighted by atomic mass is 9.99. The van der Waals surface area contributed by atoms with Crippen LogP contribution in [0, 0.1) is 6.92 Å². The van der Waals surface area contributed by atoms with Crippen molar-refractivity contribution in [1.29, 1.82) is 0 Å². The van der Waals surface area contributed by atoms with Crippen LogP contribution in [0.3, 0.4) is 0 Å². The van der Waals surface area contributed by atoms with E-state index in [9.17, 15) is 0 Å². The number of rotatable bonds is 4. The summed E-state index contributed by atoms with van der Waals surface area (Å²) < 4.78 is 6.11. The van der Waals surface area contributed by atoms with Crippen molar-refractivity contribution in [1.82, 2.24) is 4.90 Å². The highest BCUT2D eigenvalue weighted by molar-refractivity contribution is 5.44. The summed E-state index contributed by atoms with van der Waals surface area (Å²) in [7, 11) is 0. The van der Waals surface area contributed by atoms with Crippen molar-refractivity contribution in [2.45, 2.75) is 45.8 Å². The number of morpholine rings is 1. The lowest BCUT2D eigenvalue weighted by molar-refractivity contribution is -0.179. The van der Waals surface area contributed by atoms with E-state index in [1.54, 1.807) is 0 Å². The molecule has 0 bridgehead atoms. The Kier molecular flexibility index (Phi) is 4.40. The molecule has 112 valence electrons. The van der Waals surface area contributed by atoms with Crippen molar-refractivity contribution < 1.29 is 4.74 Å². The number of ether oxygens (including phenoxy) is 1. The Hall–Kier alpha value is -1.06. The fourth-order valence-electron chi connectivity index (χ4n) is 3.13. The molecule has 1 aromatic carbocycles. The van der Waals surface area contributed by atoms with Crippen LogP contribution in [-0.4, -0.2) is 42.3 Å².